The minimum atomic E-state index is -0.562. The quantitative estimate of drug-likeness (QED) is 0.799. The highest BCUT2D eigenvalue weighted by Gasteiger charge is 2.42. The van der Waals surface area contributed by atoms with Gasteiger partial charge in [-0.1, -0.05) is 24.6 Å². The Kier molecular flexibility index (Phi) is 5.61. The van der Waals surface area contributed by atoms with Crippen molar-refractivity contribution in [1.82, 2.24) is 10.6 Å². The van der Waals surface area contributed by atoms with Crippen molar-refractivity contribution < 1.29 is 14.3 Å². The Balaban J connectivity index is 1.40. The molecule has 0 spiro atoms. The van der Waals surface area contributed by atoms with Crippen molar-refractivity contribution in [3.8, 4) is 5.75 Å². The van der Waals surface area contributed by atoms with Gasteiger partial charge >= 0.3 is 0 Å². The fraction of sp³-hybridized carbons (Fsp3) is 0.600. The average molecular weight is 344 g/mol. The number of benzene rings is 1. The van der Waals surface area contributed by atoms with Gasteiger partial charge in [0.05, 0.1) is 0 Å². The fourth-order valence-electron chi connectivity index (χ4n) is 4.38. The molecule has 0 aromatic heterocycles. The van der Waals surface area contributed by atoms with Gasteiger partial charge in [-0.25, -0.2) is 0 Å². The first-order valence-corrected chi connectivity index (χ1v) is 9.30. The molecule has 5 unspecified atom stereocenters. The summed E-state index contributed by atoms with van der Waals surface area (Å²) in [7, 11) is 0. The molecule has 0 heterocycles. The van der Waals surface area contributed by atoms with Gasteiger partial charge in [-0.15, -0.1) is 0 Å². The predicted octanol–water partition coefficient (Wildman–Crippen LogP) is 2.51. The van der Waals surface area contributed by atoms with Crippen molar-refractivity contribution in [3.05, 3.63) is 30.3 Å². The summed E-state index contributed by atoms with van der Waals surface area (Å²) in [5.74, 6) is 2.44. The third kappa shape index (κ3) is 4.53. The van der Waals surface area contributed by atoms with Crippen LogP contribution in [0.4, 0.5) is 0 Å². The molecule has 5 heteroatoms. The number of carbonyl (C=O) groups excluding carboxylic acids is 2. The highest BCUT2D eigenvalue weighted by atomic mass is 16.5. The zero-order chi connectivity index (χ0) is 17.8. The Bertz CT molecular complexity index is 604. The Morgan fingerprint density at radius 2 is 1.88 bits per heavy atom. The largest absolute Gasteiger partial charge is 0.484 e. The number of hydrogen-bond donors (Lipinski definition) is 2. The molecular weight excluding hydrogens is 316 g/mol. The van der Waals surface area contributed by atoms with E-state index in [1.807, 2.05) is 18.2 Å². The minimum absolute atomic E-state index is 0.0937. The van der Waals surface area contributed by atoms with Gasteiger partial charge in [-0.3, -0.25) is 9.59 Å². The van der Waals surface area contributed by atoms with Gasteiger partial charge < -0.3 is 15.4 Å². The molecule has 1 aromatic carbocycles. The Morgan fingerprint density at radius 1 is 1.12 bits per heavy atom. The number of nitrogens with one attached hydrogen (secondary N) is 2. The molecule has 2 fully saturated rings. The summed E-state index contributed by atoms with van der Waals surface area (Å²) >= 11 is 0. The molecule has 25 heavy (non-hydrogen) atoms. The molecule has 136 valence electrons. The van der Waals surface area contributed by atoms with Crippen LogP contribution in [0.25, 0.3) is 0 Å². The molecule has 2 bridgehead atoms. The average Bonchev–Trinajstić information content (AvgIpc) is 3.24. The minimum Gasteiger partial charge on any atom is -0.484 e. The summed E-state index contributed by atoms with van der Waals surface area (Å²) in [6.07, 6.45) is 5.22. The molecule has 2 aliphatic rings. The van der Waals surface area contributed by atoms with Crippen molar-refractivity contribution in [2.24, 2.45) is 17.8 Å². The fourth-order valence-corrected chi connectivity index (χ4v) is 4.38. The maximum Gasteiger partial charge on any atom is 0.258 e. The lowest BCUT2D eigenvalue weighted by molar-refractivity contribution is -0.130. The van der Waals surface area contributed by atoms with Crippen molar-refractivity contribution >= 4 is 11.8 Å². The third-order valence-corrected chi connectivity index (χ3v) is 5.69. The van der Waals surface area contributed by atoms with Gasteiger partial charge in [-0.05, 0) is 63.0 Å². The first-order valence-electron chi connectivity index (χ1n) is 9.30. The Hall–Kier alpha value is -2.04. The van der Waals surface area contributed by atoms with E-state index in [-0.39, 0.29) is 24.5 Å². The van der Waals surface area contributed by atoms with Crippen LogP contribution < -0.4 is 15.4 Å². The zero-order valence-electron chi connectivity index (χ0n) is 15.0. The van der Waals surface area contributed by atoms with E-state index < -0.39 is 6.04 Å². The van der Waals surface area contributed by atoms with E-state index in [4.69, 9.17) is 4.74 Å². The first kappa shape index (κ1) is 17.8. The monoisotopic (exact) mass is 344 g/mol. The van der Waals surface area contributed by atoms with Crippen LogP contribution >= 0.6 is 0 Å². The van der Waals surface area contributed by atoms with Crippen LogP contribution in [-0.4, -0.2) is 30.5 Å². The highest BCUT2D eigenvalue weighted by molar-refractivity contribution is 5.87. The van der Waals surface area contributed by atoms with Crippen molar-refractivity contribution in [3.63, 3.8) is 0 Å². The van der Waals surface area contributed by atoms with Crippen molar-refractivity contribution in [2.45, 2.75) is 51.6 Å². The van der Waals surface area contributed by atoms with Gasteiger partial charge in [0.1, 0.15) is 11.8 Å². The molecule has 2 aliphatic carbocycles. The topological polar surface area (TPSA) is 67.4 Å². The summed E-state index contributed by atoms with van der Waals surface area (Å²) < 4.78 is 5.40. The van der Waals surface area contributed by atoms with E-state index in [0.717, 1.165) is 11.8 Å². The van der Waals surface area contributed by atoms with Crippen LogP contribution in [0.5, 0.6) is 5.75 Å². The smallest absolute Gasteiger partial charge is 0.258 e. The van der Waals surface area contributed by atoms with Gasteiger partial charge in [0.15, 0.2) is 6.61 Å². The molecule has 2 N–H and O–H groups in total. The van der Waals surface area contributed by atoms with Gasteiger partial charge in [0.25, 0.3) is 5.91 Å². The van der Waals surface area contributed by atoms with Crippen LogP contribution in [0.3, 0.4) is 0 Å². The summed E-state index contributed by atoms with van der Waals surface area (Å²) in [6, 6.07) is 8.77. The van der Waals surface area contributed by atoms with Crippen LogP contribution in [0.1, 0.15) is 39.5 Å². The molecule has 2 amide bonds. The van der Waals surface area contributed by atoms with E-state index in [2.05, 4.69) is 17.6 Å². The molecule has 5 atom stereocenters. The maximum atomic E-state index is 12.4. The number of carbonyl (C=O) groups is 2. The van der Waals surface area contributed by atoms with E-state index in [1.54, 1.807) is 19.1 Å². The second kappa shape index (κ2) is 7.89. The summed E-state index contributed by atoms with van der Waals surface area (Å²) in [5, 5.41) is 5.79. The van der Waals surface area contributed by atoms with E-state index in [9.17, 15) is 9.59 Å². The Labute approximate surface area is 149 Å². The molecule has 5 nitrogen and oxygen atoms in total. The van der Waals surface area contributed by atoms with Gasteiger partial charge in [0.2, 0.25) is 5.91 Å². The van der Waals surface area contributed by atoms with Crippen LogP contribution in [-0.2, 0) is 9.59 Å². The Morgan fingerprint density at radius 3 is 2.52 bits per heavy atom. The van der Waals surface area contributed by atoms with Crippen LogP contribution in [0, 0.1) is 17.8 Å². The standard InChI is InChI=1S/C20H28N2O3/c1-13(18-11-15-8-9-16(18)10-15)22-20(24)14(2)21-19(23)12-25-17-6-4-3-5-7-17/h3-7,13-16,18H,8-12H2,1-2H3,(H,21,23)(H,22,24). The number of para-hydroxylation sites is 1. The molecule has 0 saturated heterocycles. The normalized spacial score (nSPS) is 26.7. The lowest BCUT2D eigenvalue weighted by atomic mass is 9.84. The molecule has 1 aromatic rings. The van der Waals surface area contributed by atoms with Gasteiger partial charge in [-0.2, -0.15) is 0 Å². The highest BCUT2D eigenvalue weighted by Crippen LogP contribution is 2.49. The molecule has 0 radical (unpaired) electrons. The number of rotatable bonds is 7. The van der Waals surface area contributed by atoms with Crippen LogP contribution in [0.2, 0.25) is 0 Å². The second-order valence-electron chi connectivity index (χ2n) is 7.53. The summed E-state index contributed by atoms with van der Waals surface area (Å²) in [5.41, 5.74) is 0. The van der Waals surface area contributed by atoms with E-state index in [1.165, 1.54) is 25.7 Å². The molecule has 2 saturated carbocycles. The van der Waals surface area contributed by atoms with E-state index >= 15 is 0 Å². The number of hydrogen-bond acceptors (Lipinski definition) is 3. The SMILES string of the molecule is CC(NC(=O)COc1ccccc1)C(=O)NC(C)C1CC2CCC1C2. The predicted molar refractivity (Wildman–Crippen MR) is 96.1 cm³/mol. The second-order valence-corrected chi connectivity index (χ2v) is 7.53. The third-order valence-electron chi connectivity index (χ3n) is 5.69. The lowest BCUT2D eigenvalue weighted by Gasteiger charge is -2.29. The number of amides is 2. The first-order chi connectivity index (χ1) is 12.0. The molecule has 3 rings (SSSR count). The summed E-state index contributed by atoms with van der Waals surface area (Å²) in [4.78, 5) is 24.3. The van der Waals surface area contributed by atoms with Gasteiger partial charge in [0, 0.05) is 6.04 Å². The van der Waals surface area contributed by atoms with Crippen molar-refractivity contribution in [2.75, 3.05) is 6.61 Å². The molecule has 0 aliphatic heterocycles. The number of fused-ring (bicyclic) bond motifs is 2. The number of ether oxygens (including phenoxy) is 1. The van der Waals surface area contributed by atoms with Crippen molar-refractivity contribution in [1.29, 1.82) is 0 Å². The zero-order valence-corrected chi connectivity index (χ0v) is 15.0. The summed E-state index contributed by atoms with van der Waals surface area (Å²) in [6.45, 7) is 3.71. The maximum absolute atomic E-state index is 12.4. The van der Waals surface area contributed by atoms with Crippen LogP contribution in [0.15, 0.2) is 30.3 Å². The van der Waals surface area contributed by atoms with E-state index in [0.29, 0.717) is 11.7 Å². The lowest BCUT2D eigenvalue weighted by Crippen LogP contribution is -2.50. The molecular formula is C20H28N2O3.